The molecule has 0 amide bonds. The largest absolute Gasteiger partial charge is 0.405 e. The summed E-state index contributed by atoms with van der Waals surface area (Å²) in [6, 6.07) is 20.9. The Labute approximate surface area is 113 Å². The molecule has 0 bridgehead atoms. The van der Waals surface area contributed by atoms with Crippen molar-refractivity contribution >= 4 is 5.76 Å². The highest BCUT2D eigenvalue weighted by atomic mass is 16.7. The summed E-state index contributed by atoms with van der Waals surface area (Å²) in [4.78, 5) is 5.96. The van der Waals surface area contributed by atoms with Crippen molar-refractivity contribution in [2.75, 3.05) is 0 Å². The number of hydrogen-bond donors (Lipinski definition) is 0. The fourth-order valence-corrected chi connectivity index (χ4v) is 2.23. The van der Waals surface area contributed by atoms with E-state index in [9.17, 15) is 0 Å². The molecule has 2 aromatic rings. The van der Waals surface area contributed by atoms with Crippen molar-refractivity contribution in [2.24, 2.45) is 0 Å². The summed E-state index contributed by atoms with van der Waals surface area (Å²) in [6.07, 6.45) is 2.16. The van der Waals surface area contributed by atoms with E-state index in [1.807, 2.05) is 29.3 Å². The third kappa shape index (κ3) is 2.69. The topological polar surface area (TPSA) is 12.5 Å². The minimum absolute atomic E-state index is 0.287. The molecule has 0 N–H and O–H groups in total. The molecule has 0 aliphatic carbocycles. The van der Waals surface area contributed by atoms with Crippen LogP contribution in [0.5, 0.6) is 0 Å². The monoisotopic (exact) mass is 251 g/mol. The van der Waals surface area contributed by atoms with Gasteiger partial charge in [-0.1, -0.05) is 60.7 Å². The van der Waals surface area contributed by atoms with E-state index in [0.29, 0.717) is 0 Å². The van der Waals surface area contributed by atoms with Crippen LogP contribution in [0.2, 0.25) is 0 Å². The molecule has 2 aromatic carbocycles. The van der Waals surface area contributed by atoms with Crippen LogP contribution in [0.15, 0.2) is 66.7 Å². The lowest BCUT2D eigenvalue weighted by Crippen LogP contribution is -2.25. The molecule has 96 valence electrons. The summed E-state index contributed by atoms with van der Waals surface area (Å²) in [6.45, 7) is 2.95. The maximum Gasteiger partial charge on any atom is 0.152 e. The zero-order chi connectivity index (χ0) is 13.1. The quantitative estimate of drug-likeness (QED) is 0.821. The van der Waals surface area contributed by atoms with E-state index in [2.05, 4.69) is 49.4 Å². The number of benzene rings is 2. The molecule has 1 aliphatic heterocycles. The summed E-state index contributed by atoms with van der Waals surface area (Å²) in [5.41, 5.74) is 2.39. The van der Waals surface area contributed by atoms with E-state index < -0.39 is 0 Å². The van der Waals surface area contributed by atoms with Gasteiger partial charge in [0.05, 0.1) is 12.6 Å². The molecule has 0 aromatic heterocycles. The molecule has 1 unspecified atom stereocenters. The van der Waals surface area contributed by atoms with Crippen molar-refractivity contribution in [3.8, 4) is 0 Å². The van der Waals surface area contributed by atoms with Crippen molar-refractivity contribution in [2.45, 2.75) is 19.5 Å². The Morgan fingerprint density at radius 2 is 1.58 bits per heavy atom. The van der Waals surface area contributed by atoms with E-state index in [1.165, 1.54) is 5.56 Å². The highest BCUT2D eigenvalue weighted by molar-refractivity contribution is 5.61. The van der Waals surface area contributed by atoms with Crippen molar-refractivity contribution in [3.05, 3.63) is 77.9 Å². The summed E-state index contributed by atoms with van der Waals surface area (Å²) < 4.78 is 0. The van der Waals surface area contributed by atoms with Crippen LogP contribution in [0.4, 0.5) is 0 Å². The van der Waals surface area contributed by atoms with E-state index in [1.54, 1.807) is 0 Å². The lowest BCUT2D eigenvalue weighted by atomic mass is 10.1. The van der Waals surface area contributed by atoms with Gasteiger partial charge in [0, 0.05) is 5.56 Å². The maximum absolute atomic E-state index is 5.96. The molecule has 19 heavy (non-hydrogen) atoms. The average molecular weight is 251 g/mol. The van der Waals surface area contributed by atoms with Gasteiger partial charge in [-0.25, -0.2) is 0 Å². The first kappa shape index (κ1) is 12.0. The maximum atomic E-state index is 5.96. The van der Waals surface area contributed by atoms with Gasteiger partial charge in [-0.3, -0.25) is 0 Å². The Morgan fingerprint density at radius 1 is 0.947 bits per heavy atom. The smallest absolute Gasteiger partial charge is 0.152 e. The molecule has 1 aliphatic rings. The molecule has 2 nitrogen and oxygen atoms in total. The van der Waals surface area contributed by atoms with Crippen LogP contribution in [0, 0.1) is 0 Å². The first-order chi connectivity index (χ1) is 9.33. The van der Waals surface area contributed by atoms with Crippen LogP contribution in [0.1, 0.15) is 18.1 Å². The van der Waals surface area contributed by atoms with Gasteiger partial charge in [-0.2, -0.15) is 0 Å². The highest BCUT2D eigenvalue weighted by Crippen LogP contribution is 2.27. The minimum Gasteiger partial charge on any atom is -0.405 e. The molecule has 0 saturated heterocycles. The van der Waals surface area contributed by atoms with E-state index in [4.69, 9.17) is 4.84 Å². The molecule has 0 saturated carbocycles. The van der Waals surface area contributed by atoms with Crippen LogP contribution in [0.3, 0.4) is 0 Å². The second-order valence-corrected chi connectivity index (χ2v) is 4.79. The Hall–Kier alpha value is -2.06. The molecular formula is C17H17NO. The van der Waals surface area contributed by atoms with E-state index in [0.717, 1.165) is 17.9 Å². The Bertz CT molecular complexity index is 562. The molecule has 0 radical (unpaired) electrons. The van der Waals surface area contributed by atoms with Gasteiger partial charge in [0.1, 0.15) is 0 Å². The van der Waals surface area contributed by atoms with Crippen LogP contribution in [0.25, 0.3) is 5.76 Å². The second kappa shape index (κ2) is 5.29. The van der Waals surface area contributed by atoms with Gasteiger partial charge in [0.2, 0.25) is 0 Å². The predicted octanol–water partition coefficient (Wildman–Crippen LogP) is 3.86. The zero-order valence-electron chi connectivity index (χ0n) is 11.0. The first-order valence-corrected chi connectivity index (χ1v) is 6.59. The van der Waals surface area contributed by atoms with E-state index in [-0.39, 0.29) is 6.04 Å². The molecule has 1 heterocycles. The molecule has 0 fully saturated rings. The third-order valence-electron chi connectivity index (χ3n) is 3.30. The number of rotatable bonds is 3. The predicted molar refractivity (Wildman–Crippen MR) is 77.0 cm³/mol. The second-order valence-electron chi connectivity index (χ2n) is 4.79. The summed E-state index contributed by atoms with van der Waals surface area (Å²) in [5, 5.41) is 2.01. The molecule has 3 rings (SSSR count). The lowest BCUT2D eigenvalue weighted by molar-refractivity contribution is -0.0949. The molecule has 0 spiro atoms. The van der Waals surface area contributed by atoms with Crippen molar-refractivity contribution < 1.29 is 4.84 Å². The van der Waals surface area contributed by atoms with Crippen molar-refractivity contribution in [3.63, 3.8) is 0 Å². The van der Waals surface area contributed by atoms with Crippen molar-refractivity contribution in [1.29, 1.82) is 0 Å². The third-order valence-corrected chi connectivity index (χ3v) is 3.30. The molecular weight excluding hydrogens is 234 g/mol. The van der Waals surface area contributed by atoms with Crippen LogP contribution in [-0.2, 0) is 11.4 Å². The number of hydroxylamine groups is 2. The van der Waals surface area contributed by atoms with Crippen molar-refractivity contribution in [1.82, 2.24) is 5.06 Å². The van der Waals surface area contributed by atoms with Gasteiger partial charge in [0.25, 0.3) is 0 Å². The fraction of sp³-hybridized carbons (Fsp3) is 0.176. The normalized spacial score (nSPS) is 19.0. The fourth-order valence-electron chi connectivity index (χ4n) is 2.23. The standard InChI is InChI=1S/C17H17NO/c1-14-12-17(16-10-6-3-7-11-16)19-18(14)13-15-8-4-2-5-9-15/h2-12,14H,13H2,1H3. The summed E-state index contributed by atoms with van der Waals surface area (Å²) in [5.74, 6) is 0.948. The van der Waals surface area contributed by atoms with Gasteiger partial charge in [-0.15, -0.1) is 5.06 Å². The van der Waals surface area contributed by atoms with Gasteiger partial charge < -0.3 is 4.84 Å². The Kier molecular flexibility index (Phi) is 3.34. The highest BCUT2D eigenvalue weighted by Gasteiger charge is 2.24. The molecule has 2 heteroatoms. The molecule has 1 atom stereocenters. The summed E-state index contributed by atoms with van der Waals surface area (Å²) >= 11 is 0. The van der Waals surface area contributed by atoms with Crippen LogP contribution < -0.4 is 0 Å². The Balaban J connectivity index is 1.72. The zero-order valence-corrected chi connectivity index (χ0v) is 11.0. The van der Waals surface area contributed by atoms with E-state index >= 15 is 0 Å². The number of hydrogen-bond acceptors (Lipinski definition) is 2. The summed E-state index contributed by atoms with van der Waals surface area (Å²) in [7, 11) is 0. The lowest BCUT2D eigenvalue weighted by Gasteiger charge is -2.20. The average Bonchev–Trinajstić information content (AvgIpc) is 2.82. The van der Waals surface area contributed by atoms with Gasteiger partial charge >= 0.3 is 0 Å². The minimum atomic E-state index is 0.287. The van der Waals surface area contributed by atoms with Gasteiger partial charge in [0.15, 0.2) is 5.76 Å². The SMILES string of the molecule is CC1C=C(c2ccccc2)ON1Cc1ccccc1. The Morgan fingerprint density at radius 3 is 2.26 bits per heavy atom. The van der Waals surface area contributed by atoms with Crippen LogP contribution in [-0.4, -0.2) is 11.1 Å². The first-order valence-electron chi connectivity index (χ1n) is 6.59. The van der Waals surface area contributed by atoms with Crippen LogP contribution >= 0.6 is 0 Å². The van der Waals surface area contributed by atoms with Gasteiger partial charge in [-0.05, 0) is 18.6 Å². The number of nitrogens with zero attached hydrogens (tertiary/aromatic N) is 1.